The van der Waals surface area contributed by atoms with E-state index in [4.69, 9.17) is 9.15 Å². The summed E-state index contributed by atoms with van der Waals surface area (Å²) in [5.41, 5.74) is 1.96. The van der Waals surface area contributed by atoms with Gasteiger partial charge in [-0.05, 0) is 44.9 Å². The van der Waals surface area contributed by atoms with Gasteiger partial charge in [0.15, 0.2) is 5.96 Å². The smallest absolute Gasteiger partial charge is 0.191 e. The summed E-state index contributed by atoms with van der Waals surface area (Å²) in [5.74, 6) is 2.18. The van der Waals surface area contributed by atoms with E-state index in [2.05, 4.69) is 21.7 Å². The van der Waals surface area contributed by atoms with Gasteiger partial charge >= 0.3 is 0 Å². The molecule has 1 atom stereocenters. The van der Waals surface area contributed by atoms with E-state index in [1.807, 2.05) is 45.0 Å². The quantitative estimate of drug-likeness (QED) is 0.490. The molecule has 0 bridgehead atoms. The average molecular weight is 373 g/mol. The van der Waals surface area contributed by atoms with Gasteiger partial charge in [-0.1, -0.05) is 24.3 Å². The Morgan fingerprint density at radius 1 is 1.22 bits per heavy atom. The molecule has 0 aliphatic rings. The molecule has 0 fully saturated rings. The van der Waals surface area contributed by atoms with Crippen LogP contribution in [0.5, 0.6) is 0 Å². The van der Waals surface area contributed by atoms with Crippen molar-refractivity contribution in [2.45, 2.75) is 46.4 Å². The highest BCUT2D eigenvalue weighted by Crippen LogP contribution is 2.26. The molecule has 6 heteroatoms. The first kappa shape index (κ1) is 21.0. The van der Waals surface area contributed by atoms with Crippen LogP contribution < -0.4 is 10.6 Å². The van der Waals surface area contributed by atoms with Gasteiger partial charge in [0, 0.05) is 19.2 Å². The van der Waals surface area contributed by atoms with Crippen molar-refractivity contribution in [1.82, 2.24) is 10.6 Å². The molecule has 0 spiro atoms. The standard InChI is InChI=1S/C21H31N3O3/c1-6-22-20(23-12-17-9-7-8-10-18(17)13-26-5)24-14-21(4,25)19-11-15(2)27-16(19)3/h7-11,25H,6,12-14H2,1-5H3,(H2,22,23,24). The first-order valence-corrected chi connectivity index (χ1v) is 9.25. The summed E-state index contributed by atoms with van der Waals surface area (Å²) in [6.45, 7) is 9.67. The lowest BCUT2D eigenvalue weighted by atomic mass is 9.96. The van der Waals surface area contributed by atoms with Crippen LogP contribution in [0.2, 0.25) is 0 Å². The zero-order valence-corrected chi connectivity index (χ0v) is 16.9. The number of benzene rings is 1. The summed E-state index contributed by atoms with van der Waals surface area (Å²) in [7, 11) is 1.69. The number of hydrogen-bond donors (Lipinski definition) is 3. The van der Waals surface area contributed by atoms with Crippen molar-refractivity contribution in [3.63, 3.8) is 0 Å². The monoisotopic (exact) mass is 373 g/mol. The first-order valence-electron chi connectivity index (χ1n) is 9.25. The highest BCUT2D eigenvalue weighted by molar-refractivity contribution is 5.79. The third kappa shape index (κ3) is 5.84. The van der Waals surface area contributed by atoms with Gasteiger partial charge in [0.1, 0.15) is 17.1 Å². The maximum absolute atomic E-state index is 10.9. The molecule has 0 aliphatic heterocycles. The van der Waals surface area contributed by atoms with E-state index < -0.39 is 5.60 Å². The number of rotatable bonds is 8. The molecule has 6 nitrogen and oxygen atoms in total. The maximum atomic E-state index is 10.9. The summed E-state index contributed by atoms with van der Waals surface area (Å²) in [4.78, 5) is 4.66. The van der Waals surface area contributed by atoms with Crippen LogP contribution in [0.15, 0.2) is 39.7 Å². The Balaban J connectivity index is 2.09. The second-order valence-corrected chi connectivity index (χ2v) is 6.85. The Labute approximate surface area is 161 Å². The predicted molar refractivity (Wildman–Crippen MR) is 108 cm³/mol. The number of ether oxygens (including phenoxy) is 1. The molecule has 2 aromatic rings. The predicted octanol–water partition coefficient (Wildman–Crippen LogP) is 3.01. The molecule has 0 saturated heterocycles. The minimum Gasteiger partial charge on any atom is -0.466 e. The minimum absolute atomic E-state index is 0.318. The molecule has 0 saturated carbocycles. The van der Waals surface area contributed by atoms with Crippen molar-refractivity contribution < 1.29 is 14.3 Å². The summed E-state index contributed by atoms with van der Waals surface area (Å²) >= 11 is 0. The van der Waals surface area contributed by atoms with Crippen molar-refractivity contribution in [3.8, 4) is 0 Å². The number of nitrogens with one attached hydrogen (secondary N) is 2. The van der Waals surface area contributed by atoms with Crippen LogP contribution in [0.4, 0.5) is 0 Å². The van der Waals surface area contributed by atoms with Crippen molar-refractivity contribution in [2.24, 2.45) is 4.99 Å². The molecular formula is C21H31N3O3. The van der Waals surface area contributed by atoms with Crippen LogP contribution >= 0.6 is 0 Å². The molecule has 0 amide bonds. The third-order valence-electron chi connectivity index (χ3n) is 4.39. The highest BCUT2D eigenvalue weighted by Gasteiger charge is 2.27. The zero-order chi connectivity index (χ0) is 19.9. The minimum atomic E-state index is -1.06. The SMILES string of the molecule is CCNC(=NCc1ccccc1COC)NCC(C)(O)c1cc(C)oc1C. The van der Waals surface area contributed by atoms with Crippen molar-refractivity contribution in [3.05, 3.63) is 58.5 Å². The van der Waals surface area contributed by atoms with Crippen molar-refractivity contribution >= 4 is 5.96 Å². The van der Waals surface area contributed by atoms with Crippen LogP contribution in [0.3, 0.4) is 0 Å². The van der Waals surface area contributed by atoms with E-state index >= 15 is 0 Å². The van der Waals surface area contributed by atoms with Crippen molar-refractivity contribution in [2.75, 3.05) is 20.2 Å². The van der Waals surface area contributed by atoms with E-state index in [9.17, 15) is 5.11 Å². The molecule has 1 aromatic carbocycles. The van der Waals surface area contributed by atoms with Crippen LogP contribution in [-0.4, -0.2) is 31.3 Å². The van der Waals surface area contributed by atoms with E-state index in [0.29, 0.717) is 25.7 Å². The second kappa shape index (κ2) is 9.58. The van der Waals surface area contributed by atoms with Gasteiger partial charge in [0.25, 0.3) is 0 Å². The van der Waals surface area contributed by atoms with Gasteiger partial charge in [-0.15, -0.1) is 0 Å². The van der Waals surface area contributed by atoms with E-state index in [0.717, 1.165) is 34.8 Å². The lowest BCUT2D eigenvalue weighted by Crippen LogP contribution is -2.44. The fraction of sp³-hybridized carbons (Fsp3) is 0.476. The molecule has 1 unspecified atom stereocenters. The lowest BCUT2D eigenvalue weighted by Gasteiger charge is -2.24. The number of aliphatic hydroxyl groups is 1. The van der Waals surface area contributed by atoms with E-state index in [1.165, 1.54) is 0 Å². The number of aliphatic imine (C=N–C) groups is 1. The van der Waals surface area contributed by atoms with Crippen LogP contribution in [0.1, 0.15) is 42.1 Å². The fourth-order valence-electron chi connectivity index (χ4n) is 3.03. The maximum Gasteiger partial charge on any atom is 0.191 e. The Morgan fingerprint density at radius 2 is 1.93 bits per heavy atom. The molecule has 1 heterocycles. The number of hydrogen-bond acceptors (Lipinski definition) is 4. The normalized spacial score (nSPS) is 14.1. The lowest BCUT2D eigenvalue weighted by molar-refractivity contribution is 0.0601. The number of furan rings is 1. The van der Waals surface area contributed by atoms with Gasteiger partial charge in [-0.25, -0.2) is 4.99 Å². The van der Waals surface area contributed by atoms with E-state index in [1.54, 1.807) is 14.0 Å². The van der Waals surface area contributed by atoms with Gasteiger partial charge in [-0.3, -0.25) is 0 Å². The largest absolute Gasteiger partial charge is 0.466 e. The third-order valence-corrected chi connectivity index (χ3v) is 4.39. The Kier molecular flexibility index (Phi) is 7.45. The summed E-state index contributed by atoms with van der Waals surface area (Å²) in [6, 6.07) is 9.97. The molecule has 0 radical (unpaired) electrons. The fourth-order valence-corrected chi connectivity index (χ4v) is 3.03. The van der Waals surface area contributed by atoms with Gasteiger partial charge < -0.3 is 24.9 Å². The summed E-state index contributed by atoms with van der Waals surface area (Å²) < 4.78 is 10.8. The molecule has 27 heavy (non-hydrogen) atoms. The molecule has 148 valence electrons. The molecule has 2 rings (SSSR count). The molecule has 1 aromatic heterocycles. The number of methoxy groups -OCH3 is 1. The summed E-state index contributed by atoms with van der Waals surface area (Å²) in [6.07, 6.45) is 0. The number of aryl methyl sites for hydroxylation is 2. The average Bonchev–Trinajstić information content (AvgIpc) is 2.98. The summed E-state index contributed by atoms with van der Waals surface area (Å²) in [5, 5.41) is 17.3. The Bertz CT molecular complexity index is 766. The molecular weight excluding hydrogens is 342 g/mol. The van der Waals surface area contributed by atoms with Crippen LogP contribution in [0, 0.1) is 13.8 Å². The van der Waals surface area contributed by atoms with E-state index in [-0.39, 0.29) is 0 Å². The topological polar surface area (TPSA) is 79.0 Å². The van der Waals surface area contributed by atoms with Crippen molar-refractivity contribution in [1.29, 1.82) is 0 Å². The Hall–Kier alpha value is -2.31. The van der Waals surface area contributed by atoms with Crippen LogP contribution in [0.25, 0.3) is 0 Å². The van der Waals surface area contributed by atoms with Gasteiger partial charge in [0.05, 0.1) is 19.7 Å². The van der Waals surface area contributed by atoms with Gasteiger partial charge in [-0.2, -0.15) is 0 Å². The first-order chi connectivity index (χ1) is 12.9. The number of nitrogens with zero attached hydrogens (tertiary/aromatic N) is 1. The molecule has 0 aliphatic carbocycles. The zero-order valence-electron chi connectivity index (χ0n) is 16.9. The van der Waals surface area contributed by atoms with Gasteiger partial charge in [0.2, 0.25) is 0 Å². The Morgan fingerprint density at radius 3 is 2.52 bits per heavy atom. The highest BCUT2D eigenvalue weighted by atomic mass is 16.5. The second-order valence-electron chi connectivity index (χ2n) is 6.85. The van der Waals surface area contributed by atoms with Crippen LogP contribution in [-0.2, 0) is 23.5 Å². The number of guanidine groups is 1. The molecule has 3 N–H and O–H groups in total.